The minimum Gasteiger partial charge on any atom is -0.508 e. The Bertz CT molecular complexity index is 1040. The van der Waals surface area contributed by atoms with Crippen LogP contribution in [0.3, 0.4) is 0 Å². The number of benzene rings is 3. The SMILES string of the molecule is COc1ccc([C@@H]2c3ccc(O)c(C)c3OC[C@@H]2c2ccc(OC)c(OC)c2)cc1. The molecule has 2 atom stereocenters. The monoisotopic (exact) mass is 406 g/mol. The molecule has 3 aromatic carbocycles. The first-order valence-electron chi connectivity index (χ1n) is 9.88. The second-order valence-electron chi connectivity index (χ2n) is 7.41. The van der Waals surface area contributed by atoms with E-state index in [0.717, 1.165) is 33.8 Å². The van der Waals surface area contributed by atoms with Gasteiger partial charge in [0.2, 0.25) is 0 Å². The van der Waals surface area contributed by atoms with Crippen LogP contribution in [0.5, 0.6) is 28.7 Å². The minimum atomic E-state index is 0.0528. The summed E-state index contributed by atoms with van der Waals surface area (Å²) in [6.07, 6.45) is 0. The van der Waals surface area contributed by atoms with Crippen LogP contribution in [-0.2, 0) is 0 Å². The van der Waals surface area contributed by atoms with Gasteiger partial charge >= 0.3 is 0 Å². The van der Waals surface area contributed by atoms with Gasteiger partial charge in [0.1, 0.15) is 17.2 Å². The van der Waals surface area contributed by atoms with Crippen LogP contribution in [0.25, 0.3) is 0 Å². The van der Waals surface area contributed by atoms with Crippen molar-refractivity contribution in [1.29, 1.82) is 0 Å². The summed E-state index contributed by atoms with van der Waals surface area (Å²) in [4.78, 5) is 0. The van der Waals surface area contributed by atoms with Crippen LogP contribution < -0.4 is 18.9 Å². The van der Waals surface area contributed by atoms with Gasteiger partial charge in [0.25, 0.3) is 0 Å². The van der Waals surface area contributed by atoms with E-state index in [1.807, 2.05) is 37.3 Å². The van der Waals surface area contributed by atoms with Gasteiger partial charge in [-0.2, -0.15) is 0 Å². The molecule has 0 bridgehead atoms. The van der Waals surface area contributed by atoms with E-state index < -0.39 is 0 Å². The van der Waals surface area contributed by atoms with Crippen LogP contribution in [-0.4, -0.2) is 33.0 Å². The van der Waals surface area contributed by atoms with Crippen LogP contribution >= 0.6 is 0 Å². The Labute approximate surface area is 176 Å². The number of aromatic hydroxyl groups is 1. The molecule has 30 heavy (non-hydrogen) atoms. The van der Waals surface area contributed by atoms with Gasteiger partial charge in [-0.05, 0) is 48.4 Å². The molecule has 0 aliphatic carbocycles. The Morgan fingerprint density at radius 2 is 1.53 bits per heavy atom. The Morgan fingerprint density at radius 1 is 0.833 bits per heavy atom. The molecule has 0 amide bonds. The molecule has 5 heteroatoms. The number of phenols is 1. The average Bonchev–Trinajstić information content (AvgIpc) is 2.80. The van der Waals surface area contributed by atoms with Crippen molar-refractivity contribution in [3.05, 3.63) is 76.9 Å². The predicted octanol–water partition coefficient (Wildman–Crippen LogP) is 5.03. The number of phenolic OH excluding ortho intramolecular Hbond substituents is 1. The summed E-state index contributed by atoms with van der Waals surface area (Å²) in [6.45, 7) is 2.37. The Kier molecular flexibility index (Phi) is 5.44. The molecule has 1 N–H and O–H groups in total. The summed E-state index contributed by atoms with van der Waals surface area (Å²) in [6, 6.07) is 17.8. The van der Waals surface area contributed by atoms with Crippen molar-refractivity contribution >= 4 is 0 Å². The van der Waals surface area contributed by atoms with Crippen molar-refractivity contribution in [3.8, 4) is 28.7 Å². The Balaban J connectivity index is 1.85. The second kappa shape index (κ2) is 8.19. The lowest BCUT2D eigenvalue weighted by molar-refractivity contribution is 0.245. The zero-order chi connectivity index (χ0) is 21.3. The lowest BCUT2D eigenvalue weighted by Gasteiger charge is -2.35. The van der Waals surface area contributed by atoms with Crippen LogP contribution in [0.1, 0.15) is 34.1 Å². The van der Waals surface area contributed by atoms with Crippen molar-refractivity contribution in [2.75, 3.05) is 27.9 Å². The van der Waals surface area contributed by atoms with Gasteiger partial charge in [-0.3, -0.25) is 0 Å². The Hall–Kier alpha value is -3.34. The molecule has 0 spiro atoms. The van der Waals surface area contributed by atoms with Gasteiger partial charge in [-0.25, -0.2) is 0 Å². The molecule has 0 saturated heterocycles. The summed E-state index contributed by atoms with van der Waals surface area (Å²) < 4.78 is 22.4. The average molecular weight is 406 g/mol. The van der Waals surface area contributed by atoms with Crippen molar-refractivity contribution in [3.63, 3.8) is 0 Å². The molecule has 0 unspecified atom stereocenters. The third kappa shape index (κ3) is 3.41. The number of methoxy groups -OCH3 is 3. The molecule has 3 aromatic rings. The maximum Gasteiger partial charge on any atom is 0.160 e. The molecule has 0 radical (unpaired) electrons. The molecule has 0 saturated carbocycles. The van der Waals surface area contributed by atoms with E-state index in [2.05, 4.69) is 18.2 Å². The van der Waals surface area contributed by atoms with Gasteiger partial charge in [0.05, 0.1) is 27.9 Å². The van der Waals surface area contributed by atoms with E-state index in [4.69, 9.17) is 18.9 Å². The van der Waals surface area contributed by atoms with Crippen molar-refractivity contribution < 1.29 is 24.1 Å². The topological polar surface area (TPSA) is 57.2 Å². The van der Waals surface area contributed by atoms with E-state index >= 15 is 0 Å². The number of ether oxygens (including phenoxy) is 4. The number of fused-ring (bicyclic) bond motifs is 1. The quantitative estimate of drug-likeness (QED) is 0.644. The van der Waals surface area contributed by atoms with E-state index in [1.165, 1.54) is 0 Å². The largest absolute Gasteiger partial charge is 0.508 e. The molecular formula is C25H26O5. The standard InChI is InChI=1S/C25H26O5/c1-15-21(26)11-10-19-24(16-5-8-18(27-2)9-6-16)20(14-30-25(15)19)17-7-12-22(28-3)23(13-17)29-4/h5-13,20,24,26H,14H2,1-4H3/t20-,24-/m1/s1. The van der Waals surface area contributed by atoms with Gasteiger partial charge in [0.15, 0.2) is 11.5 Å². The lowest BCUT2D eigenvalue weighted by Crippen LogP contribution is -2.26. The van der Waals surface area contributed by atoms with Crippen LogP contribution in [0, 0.1) is 6.92 Å². The molecule has 4 rings (SSSR count). The predicted molar refractivity (Wildman–Crippen MR) is 115 cm³/mol. The molecule has 5 nitrogen and oxygen atoms in total. The highest BCUT2D eigenvalue weighted by atomic mass is 16.5. The van der Waals surface area contributed by atoms with Crippen LogP contribution in [0.4, 0.5) is 0 Å². The van der Waals surface area contributed by atoms with Gasteiger partial charge in [-0.1, -0.05) is 24.3 Å². The first-order valence-corrected chi connectivity index (χ1v) is 9.88. The van der Waals surface area contributed by atoms with Gasteiger partial charge in [-0.15, -0.1) is 0 Å². The smallest absolute Gasteiger partial charge is 0.160 e. The Morgan fingerprint density at radius 3 is 2.20 bits per heavy atom. The van der Waals surface area contributed by atoms with E-state index in [9.17, 15) is 5.11 Å². The van der Waals surface area contributed by atoms with Crippen LogP contribution in [0.15, 0.2) is 54.6 Å². The van der Waals surface area contributed by atoms with E-state index in [1.54, 1.807) is 27.4 Å². The maximum atomic E-state index is 10.2. The summed E-state index contributed by atoms with van der Waals surface area (Å²) in [5, 5.41) is 10.2. The second-order valence-corrected chi connectivity index (χ2v) is 7.41. The summed E-state index contributed by atoms with van der Waals surface area (Å²) in [5.74, 6) is 3.32. The first-order chi connectivity index (χ1) is 14.6. The normalized spacial score (nSPS) is 17.6. The molecule has 156 valence electrons. The summed E-state index contributed by atoms with van der Waals surface area (Å²) in [7, 11) is 4.94. The summed E-state index contributed by atoms with van der Waals surface area (Å²) >= 11 is 0. The molecule has 1 aliphatic heterocycles. The van der Waals surface area contributed by atoms with Crippen LogP contribution in [0.2, 0.25) is 0 Å². The first kappa shape index (κ1) is 20.0. The third-order valence-corrected chi connectivity index (χ3v) is 5.86. The maximum absolute atomic E-state index is 10.2. The summed E-state index contributed by atoms with van der Waals surface area (Å²) in [5.41, 5.74) is 4.08. The zero-order valence-electron chi connectivity index (χ0n) is 17.6. The third-order valence-electron chi connectivity index (χ3n) is 5.86. The minimum absolute atomic E-state index is 0.0528. The fraction of sp³-hybridized carbons (Fsp3) is 0.280. The van der Waals surface area contributed by atoms with Gasteiger partial charge in [0, 0.05) is 23.0 Å². The van der Waals surface area contributed by atoms with Gasteiger partial charge < -0.3 is 24.1 Å². The van der Waals surface area contributed by atoms with Crippen molar-refractivity contribution in [2.24, 2.45) is 0 Å². The van der Waals surface area contributed by atoms with Crippen molar-refractivity contribution in [1.82, 2.24) is 0 Å². The number of rotatable bonds is 5. The molecule has 0 fully saturated rings. The van der Waals surface area contributed by atoms with E-state index in [-0.39, 0.29) is 17.6 Å². The highest BCUT2D eigenvalue weighted by Crippen LogP contribution is 2.49. The molecule has 0 aromatic heterocycles. The zero-order valence-corrected chi connectivity index (χ0v) is 17.6. The number of hydrogen-bond acceptors (Lipinski definition) is 5. The fourth-order valence-electron chi connectivity index (χ4n) is 4.22. The van der Waals surface area contributed by atoms with Crippen molar-refractivity contribution in [2.45, 2.75) is 18.8 Å². The lowest BCUT2D eigenvalue weighted by atomic mass is 9.75. The highest BCUT2D eigenvalue weighted by molar-refractivity contribution is 5.56. The molecular weight excluding hydrogens is 380 g/mol. The number of hydrogen-bond donors (Lipinski definition) is 1. The molecule has 1 heterocycles. The molecule has 1 aliphatic rings. The fourth-order valence-corrected chi connectivity index (χ4v) is 4.22. The van der Waals surface area contributed by atoms with E-state index in [0.29, 0.717) is 18.1 Å². The highest BCUT2D eigenvalue weighted by Gasteiger charge is 2.35.